The number of alkyl halides is 1. The van der Waals surface area contributed by atoms with Crippen LogP contribution in [0.5, 0.6) is 0 Å². The average molecular weight is 215 g/mol. The third-order valence-electron chi connectivity index (χ3n) is 1.57. The Morgan fingerprint density at radius 1 is 1.64 bits per heavy atom. The van der Waals surface area contributed by atoms with Crippen LogP contribution in [-0.2, 0) is 5.88 Å². The van der Waals surface area contributed by atoms with E-state index < -0.39 is 4.92 Å². The van der Waals surface area contributed by atoms with Gasteiger partial charge in [0, 0.05) is 18.9 Å². The topological polar surface area (TPSA) is 73.1 Å². The molecule has 1 heterocycles. The first-order chi connectivity index (χ1) is 6.54. The maximum atomic E-state index is 11.0. The predicted molar refractivity (Wildman–Crippen MR) is 50.5 cm³/mol. The van der Waals surface area contributed by atoms with Crippen LogP contribution in [0.2, 0.25) is 0 Å². The summed E-state index contributed by atoms with van der Waals surface area (Å²) >= 11 is 5.52. The van der Waals surface area contributed by atoms with Crippen molar-refractivity contribution < 1.29 is 9.72 Å². The third-order valence-corrected chi connectivity index (χ3v) is 1.88. The second-order valence-electron chi connectivity index (χ2n) is 2.67. The highest BCUT2D eigenvalue weighted by Crippen LogP contribution is 2.14. The molecule has 0 aromatic carbocycles. The molecule has 5 nitrogen and oxygen atoms in total. The number of hydrogen-bond acceptors (Lipinski definition) is 4. The van der Waals surface area contributed by atoms with Crippen LogP contribution in [0.15, 0.2) is 12.1 Å². The van der Waals surface area contributed by atoms with Crippen LogP contribution in [-0.4, -0.2) is 15.7 Å². The molecule has 1 rings (SSSR count). The number of carbonyl (C=O) groups is 1. The lowest BCUT2D eigenvalue weighted by Crippen LogP contribution is -2.02. The lowest BCUT2D eigenvalue weighted by Gasteiger charge is -1.97. The van der Waals surface area contributed by atoms with Crippen LogP contribution in [0, 0.1) is 10.1 Å². The van der Waals surface area contributed by atoms with Crippen molar-refractivity contribution >= 4 is 23.2 Å². The van der Waals surface area contributed by atoms with E-state index in [-0.39, 0.29) is 23.2 Å². The number of nitro groups is 1. The lowest BCUT2D eigenvalue weighted by atomic mass is 10.2. The van der Waals surface area contributed by atoms with Gasteiger partial charge in [0.15, 0.2) is 0 Å². The van der Waals surface area contributed by atoms with Gasteiger partial charge in [-0.05, 0) is 21.5 Å². The van der Waals surface area contributed by atoms with Gasteiger partial charge in [0.2, 0.25) is 11.5 Å². The highest BCUT2D eigenvalue weighted by Gasteiger charge is 2.15. The van der Waals surface area contributed by atoms with E-state index >= 15 is 0 Å². The number of halogens is 1. The lowest BCUT2D eigenvalue weighted by molar-refractivity contribution is -0.389. The fraction of sp³-hybridized carbons (Fsp3) is 0.250. The number of aromatic nitrogens is 1. The van der Waals surface area contributed by atoms with Gasteiger partial charge in [-0.2, -0.15) is 0 Å². The maximum Gasteiger partial charge on any atom is 0.364 e. The Hall–Kier alpha value is -1.49. The summed E-state index contributed by atoms with van der Waals surface area (Å²) in [5.74, 6) is -0.558. The fourth-order valence-electron chi connectivity index (χ4n) is 0.922. The van der Waals surface area contributed by atoms with E-state index in [4.69, 9.17) is 11.6 Å². The summed E-state index contributed by atoms with van der Waals surface area (Å²) in [5.41, 5.74) is 0.577. The van der Waals surface area contributed by atoms with Crippen molar-refractivity contribution in [2.75, 3.05) is 0 Å². The monoisotopic (exact) mass is 214 g/mol. The van der Waals surface area contributed by atoms with Gasteiger partial charge < -0.3 is 10.1 Å². The fourth-order valence-corrected chi connectivity index (χ4v) is 1.08. The molecular formula is C8H7ClN2O3. The SMILES string of the molecule is CC(=O)c1cc(CCl)cc([N+](=O)[O-])n1. The normalized spacial score (nSPS) is 9.86. The Morgan fingerprint density at radius 2 is 2.29 bits per heavy atom. The Bertz CT molecular complexity index is 360. The Labute approximate surface area is 84.9 Å². The Morgan fingerprint density at radius 3 is 2.71 bits per heavy atom. The minimum atomic E-state index is -0.650. The number of hydrogen-bond donors (Lipinski definition) is 0. The van der Waals surface area contributed by atoms with Crippen molar-refractivity contribution in [3.05, 3.63) is 33.5 Å². The molecule has 0 bridgehead atoms. The zero-order chi connectivity index (χ0) is 10.7. The summed E-state index contributed by atoms with van der Waals surface area (Å²) < 4.78 is 0. The third kappa shape index (κ3) is 2.26. The van der Waals surface area contributed by atoms with Gasteiger partial charge in [-0.15, -0.1) is 11.6 Å². The number of pyridine rings is 1. The van der Waals surface area contributed by atoms with E-state index in [1.165, 1.54) is 19.1 Å². The maximum absolute atomic E-state index is 11.0. The van der Waals surface area contributed by atoms with Crippen molar-refractivity contribution in [3.8, 4) is 0 Å². The largest absolute Gasteiger partial charge is 0.364 e. The summed E-state index contributed by atoms with van der Waals surface area (Å²) in [6, 6.07) is 2.70. The van der Waals surface area contributed by atoms with Crippen LogP contribution < -0.4 is 0 Å². The Kier molecular flexibility index (Phi) is 3.14. The Balaban J connectivity index is 3.27. The van der Waals surface area contributed by atoms with Gasteiger partial charge in [0.05, 0.1) is 0 Å². The molecule has 0 fully saturated rings. The standard InChI is InChI=1S/C8H7ClN2O3/c1-5(12)7-2-6(4-9)3-8(10-7)11(13)14/h2-3H,4H2,1H3. The molecule has 74 valence electrons. The molecule has 0 aliphatic rings. The van der Waals surface area contributed by atoms with Crippen LogP contribution >= 0.6 is 11.6 Å². The summed E-state index contributed by atoms with van der Waals surface area (Å²) in [5, 5.41) is 10.4. The van der Waals surface area contributed by atoms with E-state index in [1.54, 1.807) is 0 Å². The molecule has 0 atom stereocenters. The molecular weight excluding hydrogens is 208 g/mol. The molecule has 14 heavy (non-hydrogen) atoms. The molecule has 0 spiro atoms. The number of ketones is 1. The highest BCUT2D eigenvalue weighted by molar-refractivity contribution is 6.17. The second kappa shape index (κ2) is 4.15. The van der Waals surface area contributed by atoms with Crippen molar-refractivity contribution in [2.45, 2.75) is 12.8 Å². The molecule has 0 saturated heterocycles. The number of nitrogens with zero attached hydrogens (tertiary/aromatic N) is 2. The first kappa shape index (κ1) is 10.6. The van der Waals surface area contributed by atoms with Crippen LogP contribution in [0.1, 0.15) is 23.0 Å². The number of carbonyl (C=O) groups excluding carboxylic acids is 1. The van der Waals surface area contributed by atoms with Crippen LogP contribution in [0.4, 0.5) is 5.82 Å². The van der Waals surface area contributed by atoms with Crippen LogP contribution in [0.25, 0.3) is 0 Å². The zero-order valence-corrected chi connectivity index (χ0v) is 8.11. The number of Topliss-reactive ketones (excluding diaryl/α,β-unsaturated/α-hetero) is 1. The average Bonchev–Trinajstić information content (AvgIpc) is 2.16. The van der Waals surface area contributed by atoms with Gasteiger partial charge in [0.1, 0.15) is 0 Å². The summed E-state index contributed by atoms with van der Waals surface area (Å²) in [4.78, 5) is 24.3. The van der Waals surface area contributed by atoms with Gasteiger partial charge in [-0.1, -0.05) is 0 Å². The van der Waals surface area contributed by atoms with Crippen molar-refractivity contribution in [1.29, 1.82) is 0 Å². The summed E-state index contributed by atoms with van der Waals surface area (Å²) in [6.45, 7) is 1.30. The van der Waals surface area contributed by atoms with Crippen LogP contribution in [0.3, 0.4) is 0 Å². The molecule has 0 radical (unpaired) electrons. The molecule has 1 aromatic heterocycles. The van der Waals surface area contributed by atoms with E-state index in [0.717, 1.165) is 0 Å². The van der Waals surface area contributed by atoms with Gasteiger partial charge in [0.25, 0.3) is 0 Å². The minimum Gasteiger partial charge on any atom is -0.358 e. The number of rotatable bonds is 3. The predicted octanol–water partition coefficient (Wildman–Crippen LogP) is 1.93. The molecule has 0 aliphatic carbocycles. The summed E-state index contributed by atoms with van der Waals surface area (Å²) in [6.07, 6.45) is 0. The molecule has 0 unspecified atom stereocenters. The van der Waals surface area contributed by atoms with Gasteiger partial charge >= 0.3 is 5.82 Å². The smallest absolute Gasteiger partial charge is 0.358 e. The molecule has 0 aliphatic heterocycles. The first-order valence-corrected chi connectivity index (χ1v) is 4.30. The van der Waals surface area contributed by atoms with Crippen molar-refractivity contribution in [3.63, 3.8) is 0 Å². The molecule has 0 amide bonds. The van der Waals surface area contributed by atoms with Gasteiger partial charge in [-0.25, -0.2) is 0 Å². The summed E-state index contributed by atoms with van der Waals surface area (Å²) in [7, 11) is 0. The first-order valence-electron chi connectivity index (χ1n) is 3.77. The van der Waals surface area contributed by atoms with E-state index in [2.05, 4.69) is 4.98 Å². The van der Waals surface area contributed by atoms with E-state index in [0.29, 0.717) is 5.56 Å². The molecule has 0 N–H and O–H groups in total. The van der Waals surface area contributed by atoms with Crippen molar-refractivity contribution in [2.24, 2.45) is 0 Å². The molecule has 0 saturated carbocycles. The second-order valence-corrected chi connectivity index (χ2v) is 2.93. The van der Waals surface area contributed by atoms with E-state index in [9.17, 15) is 14.9 Å². The van der Waals surface area contributed by atoms with E-state index in [1.807, 2.05) is 0 Å². The quantitative estimate of drug-likeness (QED) is 0.334. The minimum absolute atomic E-state index is 0.0647. The van der Waals surface area contributed by atoms with Crippen molar-refractivity contribution in [1.82, 2.24) is 4.98 Å². The highest BCUT2D eigenvalue weighted by atomic mass is 35.5. The molecule has 1 aromatic rings. The zero-order valence-electron chi connectivity index (χ0n) is 7.36. The molecule has 6 heteroatoms. The van der Waals surface area contributed by atoms with Gasteiger partial charge in [-0.3, -0.25) is 4.79 Å².